The summed E-state index contributed by atoms with van der Waals surface area (Å²) in [5, 5.41) is 3.25. The zero-order valence-electron chi connectivity index (χ0n) is 15.5. The second kappa shape index (κ2) is 10.4. The molecular formula is C18H29ClN4O3S. The van der Waals surface area contributed by atoms with Gasteiger partial charge in [0.2, 0.25) is 15.9 Å². The van der Waals surface area contributed by atoms with Crippen LogP contribution in [-0.2, 0) is 14.8 Å². The lowest BCUT2D eigenvalue weighted by atomic mass is 10.1. The van der Waals surface area contributed by atoms with Crippen LogP contribution >= 0.6 is 12.4 Å². The summed E-state index contributed by atoms with van der Waals surface area (Å²) in [5.74, 6) is 0.221. The van der Waals surface area contributed by atoms with Gasteiger partial charge in [0.15, 0.2) is 0 Å². The fourth-order valence-electron chi connectivity index (χ4n) is 3.49. The molecule has 0 saturated carbocycles. The Hall–Kier alpha value is -1.19. The van der Waals surface area contributed by atoms with E-state index in [2.05, 4.69) is 14.9 Å². The maximum Gasteiger partial charge on any atom is 0.240 e. The largest absolute Gasteiger partial charge is 0.340 e. The van der Waals surface area contributed by atoms with E-state index in [-0.39, 0.29) is 24.4 Å². The van der Waals surface area contributed by atoms with E-state index in [1.54, 1.807) is 30.3 Å². The lowest BCUT2D eigenvalue weighted by Gasteiger charge is -2.33. The summed E-state index contributed by atoms with van der Waals surface area (Å²) in [6, 6.07) is 8.44. The number of benzene rings is 1. The highest BCUT2D eigenvalue weighted by Gasteiger charge is 2.25. The van der Waals surface area contributed by atoms with E-state index in [4.69, 9.17) is 0 Å². The van der Waals surface area contributed by atoms with Crippen LogP contribution in [0.3, 0.4) is 0 Å². The molecule has 0 aromatic heterocycles. The van der Waals surface area contributed by atoms with Crippen molar-refractivity contribution in [3.63, 3.8) is 0 Å². The van der Waals surface area contributed by atoms with Crippen molar-refractivity contribution in [3.8, 4) is 0 Å². The van der Waals surface area contributed by atoms with Crippen molar-refractivity contribution < 1.29 is 13.2 Å². The van der Waals surface area contributed by atoms with Gasteiger partial charge in [-0.3, -0.25) is 4.79 Å². The van der Waals surface area contributed by atoms with Crippen molar-refractivity contribution in [3.05, 3.63) is 30.3 Å². The zero-order valence-corrected chi connectivity index (χ0v) is 17.1. The summed E-state index contributed by atoms with van der Waals surface area (Å²) < 4.78 is 27.6. The van der Waals surface area contributed by atoms with E-state index in [1.807, 2.05) is 4.90 Å². The van der Waals surface area contributed by atoms with Crippen LogP contribution in [0.25, 0.3) is 0 Å². The number of nitrogens with one attached hydrogen (secondary N) is 2. The Balaban J connectivity index is 0.00000261. The second-order valence-corrected chi connectivity index (χ2v) is 8.65. The summed E-state index contributed by atoms with van der Waals surface area (Å²) in [6.07, 6.45) is 2.09. The van der Waals surface area contributed by atoms with Gasteiger partial charge in [0.1, 0.15) is 0 Å². The molecule has 0 radical (unpaired) electrons. The van der Waals surface area contributed by atoms with Crippen molar-refractivity contribution in [2.24, 2.45) is 0 Å². The van der Waals surface area contributed by atoms with Crippen molar-refractivity contribution in [1.29, 1.82) is 0 Å². The van der Waals surface area contributed by atoms with Crippen LogP contribution in [0, 0.1) is 0 Å². The molecule has 2 heterocycles. The van der Waals surface area contributed by atoms with Gasteiger partial charge in [0.25, 0.3) is 0 Å². The summed E-state index contributed by atoms with van der Waals surface area (Å²) in [6.45, 7) is 5.72. The highest BCUT2D eigenvalue weighted by atomic mass is 35.5. The minimum Gasteiger partial charge on any atom is -0.340 e. The smallest absolute Gasteiger partial charge is 0.240 e. The Bertz CT molecular complexity index is 688. The number of amides is 1. The molecule has 27 heavy (non-hydrogen) atoms. The zero-order chi connectivity index (χ0) is 18.4. The van der Waals surface area contributed by atoms with Crippen molar-refractivity contribution in [2.45, 2.75) is 30.2 Å². The molecular weight excluding hydrogens is 388 g/mol. The highest BCUT2D eigenvalue weighted by Crippen LogP contribution is 2.15. The fraction of sp³-hybridized carbons (Fsp3) is 0.611. The monoisotopic (exact) mass is 416 g/mol. The Morgan fingerprint density at radius 2 is 1.70 bits per heavy atom. The molecule has 2 aliphatic rings. The van der Waals surface area contributed by atoms with E-state index in [0.717, 1.165) is 58.7 Å². The number of piperidine rings is 1. The van der Waals surface area contributed by atoms with E-state index >= 15 is 0 Å². The number of likely N-dealkylation sites (tertiary alicyclic amines) is 1. The van der Waals surface area contributed by atoms with Gasteiger partial charge >= 0.3 is 0 Å². The van der Waals surface area contributed by atoms with Crippen LogP contribution in [0.5, 0.6) is 0 Å². The molecule has 9 heteroatoms. The van der Waals surface area contributed by atoms with Crippen LogP contribution in [0.4, 0.5) is 0 Å². The van der Waals surface area contributed by atoms with Crippen LogP contribution in [0.15, 0.2) is 35.2 Å². The average molecular weight is 417 g/mol. The minimum absolute atomic E-state index is 0. The van der Waals surface area contributed by atoms with E-state index in [0.29, 0.717) is 11.3 Å². The number of sulfonamides is 1. The van der Waals surface area contributed by atoms with Gasteiger partial charge < -0.3 is 15.1 Å². The molecule has 152 valence electrons. The fourth-order valence-corrected chi connectivity index (χ4v) is 4.81. The van der Waals surface area contributed by atoms with Gasteiger partial charge in [-0.25, -0.2) is 13.1 Å². The molecule has 0 unspecified atom stereocenters. The first kappa shape index (κ1) is 22.1. The van der Waals surface area contributed by atoms with Crippen molar-refractivity contribution in [2.75, 3.05) is 45.8 Å². The number of piperazine rings is 1. The predicted octanol–water partition coefficient (Wildman–Crippen LogP) is 0.673. The molecule has 0 spiro atoms. The lowest BCUT2D eigenvalue weighted by molar-refractivity contribution is -0.132. The molecule has 3 rings (SSSR count). The normalized spacial score (nSPS) is 19.5. The van der Waals surface area contributed by atoms with Crippen LogP contribution in [0.1, 0.15) is 19.3 Å². The highest BCUT2D eigenvalue weighted by molar-refractivity contribution is 7.89. The second-order valence-electron chi connectivity index (χ2n) is 6.93. The Kier molecular flexibility index (Phi) is 8.50. The number of halogens is 1. The molecule has 2 saturated heterocycles. The first-order valence-corrected chi connectivity index (χ1v) is 10.8. The lowest BCUT2D eigenvalue weighted by Crippen LogP contribution is -2.48. The molecule has 1 aromatic rings. The van der Waals surface area contributed by atoms with Gasteiger partial charge in [0, 0.05) is 45.2 Å². The van der Waals surface area contributed by atoms with Gasteiger partial charge in [-0.05, 0) is 38.1 Å². The summed E-state index contributed by atoms with van der Waals surface area (Å²) in [4.78, 5) is 16.7. The standard InChI is InChI=1S/C18H28N4O3S.ClH/c23-18(22-14-9-19-10-15-22)8-13-21-11-6-16(7-12-21)20-26(24,25)17-4-2-1-3-5-17;/h1-5,16,19-20H,6-15H2;1H. The Morgan fingerprint density at radius 1 is 1.07 bits per heavy atom. The minimum atomic E-state index is -3.45. The third kappa shape index (κ3) is 6.43. The number of carbonyl (C=O) groups excluding carboxylic acids is 1. The van der Waals surface area contributed by atoms with Crippen LogP contribution in [0.2, 0.25) is 0 Å². The summed E-state index contributed by atoms with van der Waals surface area (Å²) in [7, 11) is -3.45. The predicted molar refractivity (Wildman–Crippen MR) is 108 cm³/mol. The molecule has 0 aliphatic carbocycles. The SMILES string of the molecule is Cl.O=C(CCN1CCC(NS(=O)(=O)c2ccccc2)CC1)N1CCNCC1. The molecule has 1 amide bonds. The molecule has 7 nitrogen and oxygen atoms in total. The van der Waals surface area contributed by atoms with Crippen LogP contribution < -0.4 is 10.0 Å². The maximum absolute atomic E-state index is 12.4. The third-order valence-electron chi connectivity index (χ3n) is 5.07. The first-order chi connectivity index (χ1) is 12.5. The topological polar surface area (TPSA) is 81.8 Å². The van der Waals surface area contributed by atoms with Crippen LogP contribution in [-0.4, -0.2) is 76.0 Å². The molecule has 0 bridgehead atoms. The first-order valence-electron chi connectivity index (χ1n) is 9.33. The maximum atomic E-state index is 12.4. The third-order valence-corrected chi connectivity index (χ3v) is 6.61. The molecule has 2 fully saturated rings. The number of nitrogens with zero attached hydrogens (tertiary/aromatic N) is 2. The van der Waals surface area contributed by atoms with E-state index in [9.17, 15) is 13.2 Å². The number of hydrogen-bond donors (Lipinski definition) is 2. The van der Waals surface area contributed by atoms with Gasteiger partial charge in [-0.15, -0.1) is 12.4 Å². The molecule has 1 aromatic carbocycles. The number of carbonyl (C=O) groups is 1. The van der Waals surface area contributed by atoms with E-state index in [1.165, 1.54) is 0 Å². The van der Waals surface area contributed by atoms with Gasteiger partial charge in [-0.1, -0.05) is 18.2 Å². The summed E-state index contributed by atoms with van der Waals surface area (Å²) in [5.41, 5.74) is 0. The van der Waals surface area contributed by atoms with Gasteiger partial charge in [-0.2, -0.15) is 0 Å². The Labute approximate surface area is 167 Å². The Morgan fingerprint density at radius 3 is 2.33 bits per heavy atom. The number of hydrogen-bond acceptors (Lipinski definition) is 5. The quantitative estimate of drug-likeness (QED) is 0.712. The van der Waals surface area contributed by atoms with E-state index < -0.39 is 10.0 Å². The molecule has 2 aliphatic heterocycles. The molecule has 0 atom stereocenters. The summed E-state index contributed by atoms with van der Waals surface area (Å²) >= 11 is 0. The van der Waals surface area contributed by atoms with Crippen molar-refractivity contribution >= 4 is 28.3 Å². The van der Waals surface area contributed by atoms with Crippen molar-refractivity contribution in [1.82, 2.24) is 19.8 Å². The van der Waals surface area contributed by atoms with Gasteiger partial charge in [0.05, 0.1) is 4.90 Å². The number of rotatable bonds is 6. The average Bonchev–Trinajstić information content (AvgIpc) is 2.68. The molecule has 2 N–H and O–H groups in total.